The predicted octanol–water partition coefficient (Wildman–Crippen LogP) is 0.604. The number of rotatable bonds is 8. The van der Waals surface area contributed by atoms with E-state index in [1.165, 1.54) is 6.08 Å². The first kappa shape index (κ1) is 18.5. The Hall–Kier alpha value is -2.81. The van der Waals surface area contributed by atoms with E-state index < -0.39 is 42.4 Å². The Labute approximate surface area is 143 Å². The van der Waals surface area contributed by atoms with Gasteiger partial charge in [-0.25, -0.2) is 4.39 Å². The molecule has 0 saturated heterocycles. The topological polar surface area (TPSA) is 118 Å². The van der Waals surface area contributed by atoms with Gasteiger partial charge in [-0.15, -0.1) is 0 Å². The van der Waals surface area contributed by atoms with Gasteiger partial charge in [0.15, 0.2) is 11.4 Å². The van der Waals surface area contributed by atoms with Crippen molar-refractivity contribution in [1.82, 2.24) is 15.8 Å². The molecule has 1 aromatic heterocycles. The Bertz CT molecular complexity index is 694. The quantitative estimate of drug-likeness (QED) is 0.628. The van der Waals surface area contributed by atoms with Gasteiger partial charge in [-0.2, -0.15) is 0 Å². The smallest absolute Gasteiger partial charge is 0.305 e. The van der Waals surface area contributed by atoms with E-state index in [-0.39, 0.29) is 6.42 Å². The van der Waals surface area contributed by atoms with Crippen LogP contribution in [0.4, 0.5) is 4.39 Å². The van der Waals surface area contributed by atoms with Crippen LogP contribution < -0.4 is 10.8 Å². The van der Waals surface area contributed by atoms with Crippen molar-refractivity contribution in [3.63, 3.8) is 0 Å². The van der Waals surface area contributed by atoms with E-state index in [4.69, 9.17) is 9.94 Å². The van der Waals surface area contributed by atoms with Crippen molar-refractivity contribution in [3.8, 4) is 0 Å². The van der Waals surface area contributed by atoms with E-state index in [0.29, 0.717) is 11.4 Å². The fourth-order valence-electron chi connectivity index (χ4n) is 2.33. The summed E-state index contributed by atoms with van der Waals surface area (Å²) in [6.07, 6.45) is 2.57. The first-order chi connectivity index (χ1) is 11.9. The highest BCUT2D eigenvalue weighted by molar-refractivity contribution is 5.96. The summed E-state index contributed by atoms with van der Waals surface area (Å²) in [5, 5.41) is 11.1. The van der Waals surface area contributed by atoms with Crippen molar-refractivity contribution < 1.29 is 28.7 Å². The number of nitrogens with zero attached hydrogens (tertiary/aromatic N) is 1. The largest absolute Gasteiger partial charge is 0.481 e. The number of ketones is 1. The van der Waals surface area contributed by atoms with E-state index in [1.54, 1.807) is 31.3 Å². The van der Waals surface area contributed by atoms with Crippen LogP contribution in [0.25, 0.3) is 5.70 Å². The number of carboxylic acids is 1. The van der Waals surface area contributed by atoms with Crippen LogP contribution in [0.5, 0.6) is 0 Å². The Kier molecular flexibility index (Phi) is 5.81. The van der Waals surface area contributed by atoms with Crippen molar-refractivity contribution >= 4 is 23.4 Å². The van der Waals surface area contributed by atoms with E-state index in [2.05, 4.69) is 15.8 Å². The molecule has 0 radical (unpaired) electrons. The van der Waals surface area contributed by atoms with E-state index in [9.17, 15) is 18.8 Å². The summed E-state index contributed by atoms with van der Waals surface area (Å²) in [7, 11) is 0. The molecule has 0 fully saturated rings. The number of carbonyl (C=O) groups is 3. The predicted molar refractivity (Wildman–Crippen MR) is 84.6 cm³/mol. The number of carboxylic acid groups (broad SMARTS) is 1. The summed E-state index contributed by atoms with van der Waals surface area (Å²) < 4.78 is 12.6. The fourth-order valence-corrected chi connectivity index (χ4v) is 2.33. The van der Waals surface area contributed by atoms with E-state index in [0.717, 1.165) is 0 Å². The first-order valence-electron chi connectivity index (χ1n) is 7.61. The third kappa shape index (κ3) is 4.18. The van der Waals surface area contributed by atoms with Crippen molar-refractivity contribution in [2.75, 3.05) is 6.67 Å². The zero-order valence-corrected chi connectivity index (χ0v) is 13.5. The molecule has 1 aliphatic heterocycles. The van der Waals surface area contributed by atoms with Gasteiger partial charge >= 0.3 is 5.97 Å². The highest BCUT2D eigenvalue weighted by Gasteiger charge is 2.43. The van der Waals surface area contributed by atoms with Crippen LogP contribution in [0.15, 0.2) is 30.5 Å². The maximum absolute atomic E-state index is 12.6. The van der Waals surface area contributed by atoms with E-state index in [1.807, 2.05) is 0 Å². The summed E-state index contributed by atoms with van der Waals surface area (Å²) in [4.78, 5) is 44.5. The Morgan fingerprint density at radius 1 is 1.44 bits per heavy atom. The molecule has 0 aromatic carbocycles. The third-order valence-corrected chi connectivity index (χ3v) is 3.78. The van der Waals surface area contributed by atoms with Crippen LogP contribution in [0.3, 0.4) is 0 Å². The number of hydrogen-bond donors (Lipinski definition) is 3. The molecule has 134 valence electrons. The van der Waals surface area contributed by atoms with E-state index >= 15 is 0 Å². The second-order valence-electron chi connectivity index (χ2n) is 5.44. The number of hydrogen-bond acceptors (Lipinski definition) is 6. The van der Waals surface area contributed by atoms with Crippen molar-refractivity contribution in [1.29, 1.82) is 0 Å². The molecule has 2 rings (SSSR count). The number of amides is 1. The zero-order valence-electron chi connectivity index (χ0n) is 13.5. The van der Waals surface area contributed by atoms with Gasteiger partial charge < -0.3 is 10.4 Å². The molecule has 2 unspecified atom stereocenters. The second-order valence-corrected chi connectivity index (χ2v) is 5.44. The standard InChI is InChI=1S/C16H18FN3O5/c1-2-16(8-12(20-25-16)10-5-3-4-6-18-10)15(24)19-11(7-14(22)23)13(21)9-17/h3-6,8,11,20H,2,7,9H2,1H3,(H,19,24)(H,22,23). The van der Waals surface area contributed by atoms with Crippen LogP contribution in [0.2, 0.25) is 0 Å². The van der Waals surface area contributed by atoms with Crippen molar-refractivity contribution in [2.24, 2.45) is 0 Å². The summed E-state index contributed by atoms with van der Waals surface area (Å²) in [6, 6.07) is 3.75. The number of carbonyl (C=O) groups excluding carboxylic acids is 2. The van der Waals surface area contributed by atoms with Crippen LogP contribution in [-0.2, 0) is 19.2 Å². The Morgan fingerprint density at radius 2 is 2.20 bits per heavy atom. The number of aliphatic carboxylic acids is 1. The summed E-state index contributed by atoms with van der Waals surface area (Å²) in [6.45, 7) is 0.313. The molecular weight excluding hydrogens is 333 g/mol. The maximum Gasteiger partial charge on any atom is 0.305 e. The molecule has 0 saturated carbocycles. The minimum Gasteiger partial charge on any atom is -0.481 e. The highest BCUT2D eigenvalue weighted by Crippen LogP contribution is 2.28. The lowest BCUT2D eigenvalue weighted by Crippen LogP contribution is -2.53. The van der Waals surface area contributed by atoms with Gasteiger partial charge in [-0.1, -0.05) is 13.0 Å². The summed E-state index contributed by atoms with van der Waals surface area (Å²) in [5.74, 6) is -3.07. The van der Waals surface area contributed by atoms with Crippen molar-refractivity contribution in [2.45, 2.75) is 31.4 Å². The van der Waals surface area contributed by atoms with Crippen LogP contribution >= 0.6 is 0 Å². The molecule has 0 spiro atoms. The molecule has 1 aromatic rings. The minimum absolute atomic E-state index is 0.200. The normalized spacial score (nSPS) is 20.3. The van der Waals surface area contributed by atoms with Crippen molar-refractivity contribution in [3.05, 3.63) is 36.2 Å². The average Bonchev–Trinajstić information content (AvgIpc) is 3.07. The number of hydroxylamine groups is 1. The zero-order chi connectivity index (χ0) is 18.4. The molecule has 1 amide bonds. The SMILES string of the molecule is CCC1(C(=O)NC(CC(=O)O)C(=O)CF)C=C(c2ccccn2)NO1. The van der Waals surface area contributed by atoms with Gasteiger partial charge in [0, 0.05) is 6.20 Å². The molecule has 1 aliphatic rings. The van der Waals surface area contributed by atoms with Gasteiger partial charge in [0.2, 0.25) is 0 Å². The number of nitrogens with one attached hydrogen (secondary N) is 2. The highest BCUT2D eigenvalue weighted by atomic mass is 19.1. The molecule has 25 heavy (non-hydrogen) atoms. The number of Topliss-reactive ketones (excluding diaryl/α,β-unsaturated/α-hetero) is 1. The van der Waals surface area contributed by atoms with Gasteiger partial charge in [0.05, 0.1) is 17.8 Å². The summed E-state index contributed by atoms with van der Waals surface area (Å²) >= 11 is 0. The number of alkyl halides is 1. The van der Waals surface area contributed by atoms with Gasteiger partial charge in [0.1, 0.15) is 12.7 Å². The van der Waals surface area contributed by atoms with Crippen LogP contribution in [0, 0.1) is 0 Å². The lowest BCUT2D eigenvalue weighted by Gasteiger charge is -2.25. The van der Waals surface area contributed by atoms with Gasteiger partial charge in [-0.3, -0.25) is 29.7 Å². The minimum atomic E-state index is -1.46. The van der Waals surface area contributed by atoms with Crippen LogP contribution in [0.1, 0.15) is 25.5 Å². The Morgan fingerprint density at radius 3 is 2.76 bits per heavy atom. The average molecular weight is 351 g/mol. The lowest BCUT2D eigenvalue weighted by molar-refractivity contribution is -0.147. The van der Waals surface area contributed by atoms with Gasteiger partial charge in [-0.05, 0) is 24.6 Å². The molecule has 0 aliphatic carbocycles. The monoisotopic (exact) mass is 351 g/mol. The van der Waals surface area contributed by atoms with Crippen LogP contribution in [-0.4, -0.2) is 46.1 Å². The van der Waals surface area contributed by atoms with Gasteiger partial charge in [0.25, 0.3) is 5.91 Å². The molecule has 2 atom stereocenters. The number of aromatic nitrogens is 1. The number of halogens is 1. The Balaban J connectivity index is 2.21. The second kappa shape index (κ2) is 7.84. The molecule has 9 heteroatoms. The lowest BCUT2D eigenvalue weighted by atomic mass is 9.97. The first-order valence-corrected chi connectivity index (χ1v) is 7.61. The molecule has 8 nitrogen and oxygen atoms in total. The molecule has 3 N–H and O–H groups in total. The summed E-state index contributed by atoms with van der Waals surface area (Å²) in [5.41, 5.74) is 2.17. The maximum atomic E-state index is 12.6. The molecular formula is C16H18FN3O5. The number of pyridine rings is 1. The third-order valence-electron chi connectivity index (χ3n) is 3.78. The molecule has 0 bridgehead atoms. The fraction of sp³-hybridized carbons (Fsp3) is 0.375. The molecule has 2 heterocycles.